The summed E-state index contributed by atoms with van der Waals surface area (Å²) in [6.07, 6.45) is 0. The topological polar surface area (TPSA) is 73.6 Å². The molecule has 0 saturated heterocycles. The number of hydrogen-bond acceptors (Lipinski definition) is 5. The molecule has 3 aromatic carbocycles. The number of benzene rings is 3. The maximum atomic E-state index is 10.7. The fraction of sp³-hybridized carbons (Fsp3) is 0.143. The Morgan fingerprint density at radius 3 is 2.29 bits per heavy atom. The van der Waals surface area contributed by atoms with Crippen molar-refractivity contribution in [2.45, 2.75) is 13.2 Å². The van der Waals surface area contributed by atoms with Gasteiger partial charge in [0.15, 0.2) is 11.5 Å². The van der Waals surface area contributed by atoms with E-state index in [1.54, 1.807) is 19.2 Å². The Kier molecular flexibility index (Phi) is 6.49. The number of rotatable bonds is 8. The largest absolute Gasteiger partial charge is 0.493 e. The van der Waals surface area contributed by atoms with Gasteiger partial charge in [-0.1, -0.05) is 22.0 Å². The minimum atomic E-state index is -0.422. The van der Waals surface area contributed by atoms with E-state index in [1.807, 2.05) is 42.5 Å². The molecule has 0 aromatic heterocycles. The van der Waals surface area contributed by atoms with Crippen LogP contribution in [0.3, 0.4) is 0 Å². The van der Waals surface area contributed by atoms with Gasteiger partial charge in [0.25, 0.3) is 5.69 Å². The van der Waals surface area contributed by atoms with Crippen molar-refractivity contribution < 1.29 is 14.4 Å². The summed E-state index contributed by atoms with van der Waals surface area (Å²) >= 11 is 3.42. The predicted molar refractivity (Wildman–Crippen MR) is 112 cm³/mol. The van der Waals surface area contributed by atoms with Gasteiger partial charge in [0, 0.05) is 28.8 Å². The van der Waals surface area contributed by atoms with Gasteiger partial charge in [-0.2, -0.15) is 0 Å². The van der Waals surface area contributed by atoms with Gasteiger partial charge in [0.05, 0.1) is 12.0 Å². The van der Waals surface area contributed by atoms with Gasteiger partial charge >= 0.3 is 0 Å². The number of nitro groups is 1. The number of halogens is 1. The highest BCUT2D eigenvalue weighted by molar-refractivity contribution is 9.10. The van der Waals surface area contributed by atoms with E-state index in [1.165, 1.54) is 12.1 Å². The van der Waals surface area contributed by atoms with E-state index in [0.717, 1.165) is 21.3 Å². The number of hydrogen-bond donors (Lipinski definition) is 1. The molecule has 3 rings (SSSR count). The zero-order valence-electron chi connectivity index (χ0n) is 15.2. The average Bonchev–Trinajstić information content (AvgIpc) is 2.72. The Morgan fingerprint density at radius 1 is 0.964 bits per heavy atom. The molecule has 28 heavy (non-hydrogen) atoms. The van der Waals surface area contributed by atoms with Crippen molar-refractivity contribution in [3.05, 3.63) is 92.4 Å². The highest BCUT2D eigenvalue weighted by Crippen LogP contribution is 2.29. The number of nitro benzene ring substituents is 1. The van der Waals surface area contributed by atoms with E-state index in [9.17, 15) is 10.1 Å². The second kappa shape index (κ2) is 9.23. The van der Waals surface area contributed by atoms with Gasteiger partial charge in [-0.25, -0.2) is 0 Å². The molecular formula is C21H19BrN2O4. The molecule has 0 saturated carbocycles. The van der Waals surface area contributed by atoms with Crippen LogP contribution in [0.15, 0.2) is 71.2 Å². The molecule has 7 heteroatoms. The number of non-ortho nitro benzene ring substituents is 1. The minimum Gasteiger partial charge on any atom is -0.493 e. The first-order valence-electron chi connectivity index (χ1n) is 8.57. The SMILES string of the molecule is COc1cc(CNc2ccc(Br)cc2)ccc1OCc1ccc([N+](=O)[O-])cc1. The van der Waals surface area contributed by atoms with E-state index in [4.69, 9.17) is 9.47 Å². The lowest BCUT2D eigenvalue weighted by Crippen LogP contribution is -2.02. The van der Waals surface area contributed by atoms with Crippen molar-refractivity contribution in [3.8, 4) is 11.5 Å². The molecule has 0 atom stereocenters. The smallest absolute Gasteiger partial charge is 0.269 e. The summed E-state index contributed by atoms with van der Waals surface area (Å²) in [5.74, 6) is 1.25. The molecule has 144 valence electrons. The number of anilines is 1. The quantitative estimate of drug-likeness (QED) is 0.365. The zero-order chi connectivity index (χ0) is 19.9. The Balaban J connectivity index is 1.62. The third kappa shape index (κ3) is 5.23. The van der Waals surface area contributed by atoms with E-state index >= 15 is 0 Å². The van der Waals surface area contributed by atoms with Crippen LogP contribution in [-0.2, 0) is 13.2 Å². The fourth-order valence-electron chi connectivity index (χ4n) is 2.59. The van der Waals surface area contributed by atoms with Crippen LogP contribution in [0.25, 0.3) is 0 Å². The summed E-state index contributed by atoms with van der Waals surface area (Å²) in [6.45, 7) is 0.950. The van der Waals surface area contributed by atoms with E-state index in [-0.39, 0.29) is 5.69 Å². The zero-order valence-corrected chi connectivity index (χ0v) is 16.8. The van der Waals surface area contributed by atoms with Gasteiger partial charge in [0.2, 0.25) is 0 Å². The first-order valence-corrected chi connectivity index (χ1v) is 9.37. The molecule has 0 spiro atoms. The molecule has 0 aliphatic rings. The van der Waals surface area contributed by atoms with Crippen LogP contribution < -0.4 is 14.8 Å². The lowest BCUT2D eigenvalue weighted by Gasteiger charge is -2.13. The van der Waals surface area contributed by atoms with Crippen molar-refractivity contribution in [3.63, 3.8) is 0 Å². The van der Waals surface area contributed by atoms with Gasteiger partial charge in [-0.05, 0) is 59.7 Å². The van der Waals surface area contributed by atoms with Crippen molar-refractivity contribution in [2.24, 2.45) is 0 Å². The van der Waals surface area contributed by atoms with Crippen LogP contribution in [0.2, 0.25) is 0 Å². The lowest BCUT2D eigenvalue weighted by atomic mass is 10.2. The second-order valence-electron chi connectivity index (χ2n) is 6.06. The first-order chi connectivity index (χ1) is 13.5. The van der Waals surface area contributed by atoms with E-state index in [0.29, 0.717) is 24.7 Å². The van der Waals surface area contributed by atoms with Gasteiger partial charge < -0.3 is 14.8 Å². The molecule has 0 amide bonds. The van der Waals surface area contributed by atoms with E-state index in [2.05, 4.69) is 21.2 Å². The molecular weight excluding hydrogens is 424 g/mol. The van der Waals surface area contributed by atoms with Crippen molar-refractivity contribution >= 4 is 27.3 Å². The average molecular weight is 443 g/mol. The van der Waals surface area contributed by atoms with Crippen LogP contribution in [0.5, 0.6) is 11.5 Å². The monoisotopic (exact) mass is 442 g/mol. The third-order valence-corrected chi connectivity index (χ3v) is 4.64. The molecule has 0 heterocycles. The molecule has 3 aromatic rings. The van der Waals surface area contributed by atoms with Crippen molar-refractivity contribution in [1.82, 2.24) is 0 Å². The summed E-state index contributed by atoms with van der Waals surface area (Å²) in [5, 5.41) is 14.1. The Labute approximate surface area is 171 Å². The van der Waals surface area contributed by atoms with Crippen LogP contribution in [0.4, 0.5) is 11.4 Å². The maximum absolute atomic E-state index is 10.7. The number of nitrogens with zero attached hydrogens (tertiary/aromatic N) is 1. The molecule has 0 aliphatic carbocycles. The molecule has 0 radical (unpaired) electrons. The Bertz CT molecular complexity index is 944. The van der Waals surface area contributed by atoms with Gasteiger partial charge in [-0.15, -0.1) is 0 Å². The van der Waals surface area contributed by atoms with Crippen LogP contribution in [0, 0.1) is 10.1 Å². The number of ether oxygens (including phenoxy) is 2. The lowest BCUT2D eigenvalue weighted by molar-refractivity contribution is -0.384. The van der Waals surface area contributed by atoms with E-state index < -0.39 is 4.92 Å². The van der Waals surface area contributed by atoms with Crippen LogP contribution in [-0.4, -0.2) is 12.0 Å². The molecule has 0 unspecified atom stereocenters. The fourth-order valence-corrected chi connectivity index (χ4v) is 2.85. The summed E-state index contributed by atoms with van der Waals surface area (Å²) in [6, 6.07) is 20.0. The molecule has 6 nitrogen and oxygen atoms in total. The van der Waals surface area contributed by atoms with Crippen LogP contribution >= 0.6 is 15.9 Å². The summed E-state index contributed by atoms with van der Waals surface area (Å²) in [5.41, 5.74) is 2.99. The second-order valence-corrected chi connectivity index (χ2v) is 6.97. The normalized spacial score (nSPS) is 10.4. The maximum Gasteiger partial charge on any atom is 0.269 e. The Morgan fingerprint density at radius 2 is 1.64 bits per heavy atom. The molecule has 1 N–H and O–H groups in total. The summed E-state index contributed by atoms with van der Waals surface area (Å²) in [4.78, 5) is 10.3. The highest BCUT2D eigenvalue weighted by Gasteiger charge is 2.08. The summed E-state index contributed by atoms with van der Waals surface area (Å²) < 4.78 is 12.3. The summed E-state index contributed by atoms with van der Waals surface area (Å²) in [7, 11) is 1.60. The minimum absolute atomic E-state index is 0.0592. The molecule has 0 aliphatic heterocycles. The van der Waals surface area contributed by atoms with Gasteiger partial charge in [-0.3, -0.25) is 10.1 Å². The highest BCUT2D eigenvalue weighted by atomic mass is 79.9. The number of methoxy groups -OCH3 is 1. The predicted octanol–water partition coefficient (Wildman–Crippen LogP) is 5.56. The van der Waals surface area contributed by atoms with Crippen LogP contribution in [0.1, 0.15) is 11.1 Å². The third-order valence-electron chi connectivity index (χ3n) is 4.11. The molecule has 0 fully saturated rings. The standard InChI is InChI=1S/C21H19BrN2O4/c1-27-21-12-16(13-23-18-7-5-17(22)6-8-18)4-11-20(21)28-14-15-2-9-19(10-3-15)24(25)26/h2-12,23H,13-14H2,1H3. The Hall–Kier alpha value is -3.06. The molecule has 0 bridgehead atoms. The van der Waals surface area contributed by atoms with Crippen molar-refractivity contribution in [1.29, 1.82) is 0 Å². The van der Waals surface area contributed by atoms with Gasteiger partial charge in [0.1, 0.15) is 6.61 Å². The number of nitrogens with one attached hydrogen (secondary N) is 1. The first kappa shape index (κ1) is 19.7. The van der Waals surface area contributed by atoms with Crippen molar-refractivity contribution in [2.75, 3.05) is 12.4 Å².